The van der Waals surface area contributed by atoms with Crippen LogP contribution in [-0.2, 0) is 16.0 Å². The van der Waals surface area contributed by atoms with Crippen molar-refractivity contribution in [2.24, 2.45) is 0 Å². The summed E-state index contributed by atoms with van der Waals surface area (Å²) in [5, 5.41) is 6.41. The molecule has 0 unspecified atom stereocenters. The summed E-state index contributed by atoms with van der Waals surface area (Å²) in [6, 6.07) is 15.0. The number of thiazole rings is 1. The number of hydrogen-bond donors (Lipinski definition) is 2. The van der Waals surface area contributed by atoms with E-state index < -0.39 is 0 Å². The summed E-state index contributed by atoms with van der Waals surface area (Å²) in [7, 11) is 0. The minimum Gasteiger partial charge on any atom is -0.347 e. The van der Waals surface area contributed by atoms with Crippen LogP contribution < -0.4 is 10.6 Å². The fourth-order valence-corrected chi connectivity index (χ4v) is 3.21. The monoisotopic (exact) mass is 339 g/mol. The lowest BCUT2D eigenvalue weighted by molar-refractivity contribution is -0.123. The number of hydrogen-bond acceptors (Lipinski definition) is 4. The molecule has 2 N–H and O–H groups in total. The second-order valence-electron chi connectivity index (χ2n) is 5.40. The number of carbonyl (C=O) groups excluding carboxylic acids is 2. The summed E-state index contributed by atoms with van der Waals surface area (Å²) >= 11 is 1.58. The second kappa shape index (κ2) is 7.23. The molecular formula is C18H17N3O2S. The maximum absolute atomic E-state index is 12.0. The maximum atomic E-state index is 12.0. The van der Waals surface area contributed by atoms with Gasteiger partial charge < -0.3 is 10.6 Å². The van der Waals surface area contributed by atoms with E-state index in [4.69, 9.17) is 0 Å². The van der Waals surface area contributed by atoms with Crippen molar-refractivity contribution in [1.29, 1.82) is 0 Å². The predicted molar refractivity (Wildman–Crippen MR) is 96.1 cm³/mol. The van der Waals surface area contributed by atoms with Crippen molar-refractivity contribution < 1.29 is 9.59 Å². The van der Waals surface area contributed by atoms with Gasteiger partial charge in [-0.1, -0.05) is 30.3 Å². The van der Waals surface area contributed by atoms with Crippen LogP contribution in [0.1, 0.15) is 10.6 Å². The fraction of sp³-hybridized carbons (Fsp3) is 0.167. The molecule has 1 aromatic heterocycles. The minimum absolute atomic E-state index is 0.0502. The van der Waals surface area contributed by atoms with Gasteiger partial charge in [0.2, 0.25) is 11.8 Å². The molecule has 0 aliphatic carbocycles. The highest BCUT2D eigenvalue weighted by Gasteiger charge is 2.08. The zero-order valence-electron chi connectivity index (χ0n) is 13.2. The molecule has 6 heteroatoms. The predicted octanol–water partition coefficient (Wildman–Crippen LogP) is 2.90. The van der Waals surface area contributed by atoms with Gasteiger partial charge in [-0.15, -0.1) is 11.3 Å². The first-order valence-electron chi connectivity index (χ1n) is 7.58. The van der Waals surface area contributed by atoms with E-state index in [1.54, 1.807) is 11.3 Å². The summed E-state index contributed by atoms with van der Waals surface area (Å²) in [4.78, 5) is 28.2. The van der Waals surface area contributed by atoms with Crippen molar-refractivity contribution in [1.82, 2.24) is 10.3 Å². The van der Waals surface area contributed by atoms with Gasteiger partial charge in [-0.05, 0) is 30.7 Å². The zero-order valence-corrected chi connectivity index (χ0v) is 14.0. The molecule has 0 spiro atoms. The highest BCUT2D eigenvalue weighted by Crippen LogP contribution is 2.24. The normalized spacial score (nSPS) is 10.5. The van der Waals surface area contributed by atoms with E-state index in [9.17, 15) is 9.59 Å². The van der Waals surface area contributed by atoms with Crippen molar-refractivity contribution in [3.05, 3.63) is 59.1 Å². The first-order valence-corrected chi connectivity index (χ1v) is 8.39. The average Bonchev–Trinajstić information content (AvgIpc) is 2.93. The van der Waals surface area contributed by atoms with E-state index in [2.05, 4.69) is 15.6 Å². The van der Waals surface area contributed by atoms with Crippen LogP contribution in [0.2, 0.25) is 0 Å². The molecule has 0 bridgehead atoms. The Kier molecular flexibility index (Phi) is 4.86. The number of nitrogens with zero attached hydrogens (tertiary/aromatic N) is 1. The first kappa shape index (κ1) is 16.1. The number of benzene rings is 2. The van der Waals surface area contributed by atoms with Crippen LogP contribution in [0.4, 0.5) is 5.69 Å². The number of anilines is 1. The summed E-state index contributed by atoms with van der Waals surface area (Å²) in [5.41, 5.74) is 2.54. The van der Waals surface area contributed by atoms with Crippen LogP contribution in [-0.4, -0.2) is 23.3 Å². The molecule has 2 amide bonds. The first-order chi connectivity index (χ1) is 11.6. The molecule has 0 saturated heterocycles. The Labute approximate surface area is 143 Å². The molecular weight excluding hydrogens is 322 g/mol. The van der Waals surface area contributed by atoms with Crippen LogP contribution in [0, 0.1) is 6.92 Å². The topological polar surface area (TPSA) is 71.1 Å². The minimum atomic E-state index is -0.253. The number of fused-ring (bicyclic) bond motifs is 1. The Morgan fingerprint density at radius 3 is 2.67 bits per heavy atom. The van der Waals surface area contributed by atoms with Crippen LogP contribution >= 0.6 is 11.3 Å². The third kappa shape index (κ3) is 4.17. The van der Waals surface area contributed by atoms with Crippen LogP contribution in [0.15, 0.2) is 48.5 Å². The van der Waals surface area contributed by atoms with Gasteiger partial charge in [-0.3, -0.25) is 9.59 Å². The van der Waals surface area contributed by atoms with Crippen LogP contribution in [0.25, 0.3) is 10.2 Å². The summed E-state index contributed by atoms with van der Waals surface area (Å²) in [5.74, 6) is -0.429. The standard InChI is InChI=1S/C18H17N3O2S/c1-12-20-15-8-7-14(10-16(15)24-12)21-18(23)11-19-17(22)9-13-5-3-2-4-6-13/h2-8,10H,9,11H2,1H3,(H,19,22)(H,21,23). The lowest BCUT2D eigenvalue weighted by Crippen LogP contribution is -2.33. The molecule has 2 aromatic carbocycles. The zero-order chi connectivity index (χ0) is 16.9. The molecule has 5 nitrogen and oxygen atoms in total. The number of aromatic nitrogens is 1. The Morgan fingerprint density at radius 2 is 1.88 bits per heavy atom. The lowest BCUT2D eigenvalue weighted by atomic mass is 10.1. The van der Waals surface area contributed by atoms with Gasteiger partial charge >= 0.3 is 0 Å². The Bertz CT molecular complexity index is 874. The molecule has 0 saturated carbocycles. The summed E-state index contributed by atoms with van der Waals surface area (Å²) in [6.07, 6.45) is 0.264. The third-order valence-electron chi connectivity index (χ3n) is 3.43. The van der Waals surface area contributed by atoms with Crippen molar-refractivity contribution in [2.75, 3.05) is 11.9 Å². The van der Waals surface area contributed by atoms with Gasteiger partial charge in [0.15, 0.2) is 0 Å². The van der Waals surface area contributed by atoms with Gasteiger partial charge in [-0.25, -0.2) is 4.98 Å². The third-order valence-corrected chi connectivity index (χ3v) is 4.37. The van der Waals surface area contributed by atoms with E-state index >= 15 is 0 Å². The van der Waals surface area contributed by atoms with E-state index in [1.165, 1.54) is 0 Å². The number of nitrogens with one attached hydrogen (secondary N) is 2. The Balaban J connectivity index is 1.52. The Hall–Kier alpha value is -2.73. The number of aryl methyl sites for hydroxylation is 1. The van der Waals surface area contributed by atoms with Crippen molar-refractivity contribution >= 4 is 39.1 Å². The van der Waals surface area contributed by atoms with Crippen molar-refractivity contribution in [3.63, 3.8) is 0 Å². The smallest absolute Gasteiger partial charge is 0.243 e. The molecule has 1 heterocycles. The molecule has 0 radical (unpaired) electrons. The average molecular weight is 339 g/mol. The number of amides is 2. The summed E-state index contributed by atoms with van der Waals surface area (Å²) < 4.78 is 1.03. The molecule has 24 heavy (non-hydrogen) atoms. The highest BCUT2D eigenvalue weighted by atomic mass is 32.1. The SMILES string of the molecule is Cc1nc2ccc(NC(=O)CNC(=O)Cc3ccccc3)cc2s1. The lowest BCUT2D eigenvalue weighted by Gasteiger charge is -2.07. The van der Waals surface area contributed by atoms with E-state index in [-0.39, 0.29) is 24.8 Å². The Morgan fingerprint density at radius 1 is 1.08 bits per heavy atom. The summed E-state index contributed by atoms with van der Waals surface area (Å²) in [6.45, 7) is 1.90. The highest BCUT2D eigenvalue weighted by molar-refractivity contribution is 7.18. The molecule has 0 aliphatic rings. The van der Waals surface area contributed by atoms with Gasteiger partial charge in [-0.2, -0.15) is 0 Å². The van der Waals surface area contributed by atoms with Crippen molar-refractivity contribution in [2.45, 2.75) is 13.3 Å². The quantitative estimate of drug-likeness (QED) is 0.751. The van der Waals surface area contributed by atoms with Crippen LogP contribution in [0.5, 0.6) is 0 Å². The van der Waals surface area contributed by atoms with E-state index in [0.717, 1.165) is 20.8 Å². The molecule has 0 atom stereocenters. The fourth-order valence-electron chi connectivity index (χ4n) is 2.35. The van der Waals surface area contributed by atoms with Gasteiger partial charge in [0.1, 0.15) is 0 Å². The van der Waals surface area contributed by atoms with Crippen molar-refractivity contribution in [3.8, 4) is 0 Å². The van der Waals surface area contributed by atoms with E-state index in [1.807, 2.05) is 55.5 Å². The number of rotatable bonds is 5. The van der Waals surface area contributed by atoms with E-state index in [0.29, 0.717) is 5.69 Å². The molecule has 122 valence electrons. The largest absolute Gasteiger partial charge is 0.347 e. The molecule has 3 aromatic rings. The van der Waals surface area contributed by atoms with Gasteiger partial charge in [0.05, 0.1) is 28.2 Å². The van der Waals surface area contributed by atoms with Gasteiger partial charge in [0.25, 0.3) is 0 Å². The second-order valence-corrected chi connectivity index (χ2v) is 6.64. The molecule has 0 aliphatic heterocycles. The van der Waals surface area contributed by atoms with Gasteiger partial charge in [0, 0.05) is 5.69 Å². The molecule has 3 rings (SSSR count). The molecule has 0 fully saturated rings. The maximum Gasteiger partial charge on any atom is 0.243 e. The van der Waals surface area contributed by atoms with Crippen LogP contribution in [0.3, 0.4) is 0 Å². The number of carbonyl (C=O) groups is 2.